The number of carbonyl (C=O) groups excluding carboxylic acids is 2. The maximum absolute atomic E-state index is 13.8. The van der Waals surface area contributed by atoms with E-state index in [9.17, 15) is 9.59 Å². The Morgan fingerprint density at radius 2 is 1.50 bits per heavy atom. The van der Waals surface area contributed by atoms with Crippen LogP contribution < -0.4 is 14.8 Å². The zero-order valence-electron chi connectivity index (χ0n) is 21.4. The number of carbonyl (C=O) groups is 2. The van der Waals surface area contributed by atoms with Crippen LogP contribution in [0.2, 0.25) is 0 Å². The predicted molar refractivity (Wildman–Crippen MR) is 142 cm³/mol. The van der Waals surface area contributed by atoms with E-state index >= 15 is 0 Å². The minimum absolute atomic E-state index is 0.125. The topological polar surface area (TPSA) is 67.9 Å². The van der Waals surface area contributed by atoms with E-state index < -0.39 is 6.04 Å². The fourth-order valence-corrected chi connectivity index (χ4v) is 4.16. The summed E-state index contributed by atoms with van der Waals surface area (Å²) >= 11 is 0. The second-order valence-corrected chi connectivity index (χ2v) is 8.68. The van der Waals surface area contributed by atoms with Crippen LogP contribution in [0.5, 0.6) is 11.5 Å². The number of amides is 2. The monoisotopic (exact) mass is 488 g/mol. The highest BCUT2D eigenvalue weighted by molar-refractivity contribution is 5.89. The third kappa shape index (κ3) is 7.35. The first kappa shape index (κ1) is 26.8. The van der Waals surface area contributed by atoms with Crippen LogP contribution in [0.3, 0.4) is 0 Å². The molecule has 3 rings (SSSR count). The second-order valence-electron chi connectivity index (χ2n) is 8.68. The van der Waals surface area contributed by atoms with Gasteiger partial charge in [-0.05, 0) is 35.2 Å². The van der Waals surface area contributed by atoms with Gasteiger partial charge in [0.2, 0.25) is 11.8 Å². The Balaban J connectivity index is 1.95. The SMILES string of the molecule is CCCCCNC(=O)C(c1ccccc1)N(Cc1ccccc1)C(=O)Cc1ccc(OC)c(OC)c1. The lowest BCUT2D eigenvalue weighted by molar-refractivity contribution is -0.141. The minimum atomic E-state index is -0.749. The number of rotatable bonds is 13. The fourth-order valence-electron chi connectivity index (χ4n) is 4.16. The first-order valence-corrected chi connectivity index (χ1v) is 12.4. The van der Waals surface area contributed by atoms with Crippen LogP contribution in [0.1, 0.15) is 48.9 Å². The van der Waals surface area contributed by atoms with Gasteiger partial charge >= 0.3 is 0 Å². The molecule has 190 valence electrons. The lowest BCUT2D eigenvalue weighted by Gasteiger charge is -2.32. The van der Waals surface area contributed by atoms with E-state index in [4.69, 9.17) is 9.47 Å². The molecule has 36 heavy (non-hydrogen) atoms. The summed E-state index contributed by atoms with van der Waals surface area (Å²) in [6.45, 7) is 3.02. The molecule has 0 saturated carbocycles. The van der Waals surface area contributed by atoms with E-state index in [1.54, 1.807) is 31.3 Å². The summed E-state index contributed by atoms with van der Waals surface area (Å²) in [7, 11) is 3.15. The van der Waals surface area contributed by atoms with Crippen LogP contribution in [0.15, 0.2) is 78.9 Å². The van der Waals surface area contributed by atoms with Crippen molar-refractivity contribution < 1.29 is 19.1 Å². The number of nitrogens with zero attached hydrogens (tertiary/aromatic N) is 1. The molecule has 0 aliphatic carbocycles. The first-order chi connectivity index (χ1) is 17.6. The van der Waals surface area contributed by atoms with Gasteiger partial charge in [0.15, 0.2) is 11.5 Å². The largest absolute Gasteiger partial charge is 0.493 e. The van der Waals surface area contributed by atoms with Gasteiger partial charge in [-0.1, -0.05) is 86.5 Å². The van der Waals surface area contributed by atoms with Crippen LogP contribution in [-0.2, 0) is 22.6 Å². The molecule has 0 radical (unpaired) electrons. The normalized spacial score (nSPS) is 11.4. The van der Waals surface area contributed by atoms with E-state index in [2.05, 4.69) is 12.2 Å². The van der Waals surface area contributed by atoms with E-state index in [-0.39, 0.29) is 18.2 Å². The summed E-state index contributed by atoms with van der Waals surface area (Å²) in [6.07, 6.45) is 3.14. The molecule has 3 aromatic carbocycles. The van der Waals surface area contributed by atoms with Crippen molar-refractivity contribution in [3.8, 4) is 11.5 Å². The van der Waals surface area contributed by atoms with Crippen molar-refractivity contribution in [3.05, 3.63) is 95.6 Å². The van der Waals surface area contributed by atoms with E-state index in [1.807, 2.05) is 66.7 Å². The maximum atomic E-state index is 13.8. The van der Waals surface area contributed by atoms with Crippen LogP contribution in [0.4, 0.5) is 0 Å². The van der Waals surface area contributed by atoms with Gasteiger partial charge in [0.1, 0.15) is 6.04 Å². The highest BCUT2D eigenvalue weighted by atomic mass is 16.5. The Labute approximate surface area is 214 Å². The molecule has 0 aliphatic rings. The molecule has 6 heteroatoms. The van der Waals surface area contributed by atoms with Crippen LogP contribution in [0, 0.1) is 0 Å². The van der Waals surface area contributed by atoms with Crippen molar-refractivity contribution in [3.63, 3.8) is 0 Å². The van der Waals surface area contributed by atoms with Crippen molar-refractivity contribution in [1.29, 1.82) is 0 Å². The molecule has 2 amide bonds. The number of hydrogen-bond donors (Lipinski definition) is 1. The van der Waals surface area contributed by atoms with Gasteiger partial charge in [0, 0.05) is 13.1 Å². The van der Waals surface area contributed by atoms with Crippen LogP contribution in [0.25, 0.3) is 0 Å². The number of nitrogens with one attached hydrogen (secondary N) is 1. The summed E-state index contributed by atoms with van der Waals surface area (Å²) in [4.78, 5) is 29.1. The van der Waals surface area contributed by atoms with Gasteiger partial charge < -0.3 is 19.7 Å². The van der Waals surface area contributed by atoms with Gasteiger partial charge in [-0.2, -0.15) is 0 Å². The number of hydrogen-bond acceptors (Lipinski definition) is 4. The number of benzene rings is 3. The lowest BCUT2D eigenvalue weighted by Crippen LogP contribution is -2.44. The minimum Gasteiger partial charge on any atom is -0.493 e. The molecule has 3 aromatic rings. The summed E-state index contributed by atoms with van der Waals surface area (Å²) in [5, 5.41) is 3.07. The number of methoxy groups -OCH3 is 2. The van der Waals surface area contributed by atoms with Crippen molar-refractivity contribution in [2.75, 3.05) is 20.8 Å². The Hall–Kier alpha value is -3.80. The molecule has 0 bridgehead atoms. The second kappa shape index (κ2) is 13.9. The summed E-state index contributed by atoms with van der Waals surface area (Å²) in [5.74, 6) is 0.840. The van der Waals surface area contributed by atoms with Gasteiger partial charge in [-0.3, -0.25) is 9.59 Å². The van der Waals surface area contributed by atoms with Crippen LogP contribution in [-0.4, -0.2) is 37.5 Å². The van der Waals surface area contributed by atoms with E-state index in [0.29, 0.717) is 24.6 Å². The first-order valence-electron chi connectivity index (χ1n) is 12.4. The predicted octanol–water partition coefficient (Wildman–Crippen LogP) is 5.32. The molecular formula is C30H36N2O4. The molecule has 0 fully saturated rings. The Morgan fingerprint density at radius 1 is 0.833 bits per heavy atom. The summed E-state index contributed by atoms with van der Waals surface area (Å²) in [6, 6.07) is 24.0. The molecule has 0 aromatic heterocycles. The average Bonchev–Trinajstić information content (AvgIpc) is 2.91. The molecule has 1 N–H and O–H groups in total. The molecule has 0 saturated heterocycles. The van der Waals surface area contributed by atoms with Gasteiger partial charge in [-0.25, -0.2) is 0 Å². The highest BCUT2D eigenvalue weighted by Crippen LogP contribution is 2.29. The molecule has 1 atom stereocenters. The quantitative estimate of drug-likeness (QED) is 0.331. The number of ether oxygens (including phenoxy) is 2. The Kier molecular flexibility index (Phi) is 10.4. The fraction of sp³-hybridized carbons (Fsp3) is 0.333. The lowest BCUT2D eigenvalue weighted by atomic mass is 10.0. The third-order valence-corrected chi connectivity index (χ3v) is 6.07. The Morgan fingerprint density at radius 3 is 2.14 bits per heavy atom. The standard InChI is InChI=1S/C30H36N2O4/c1-4-5-12-19-31-30(34)29(25-15-10-7-11-16-25)32(22-23-13-8-6-9-14-23)28(33)21-24-17-18-26(35-2)27(20-24)36-3/h6-11,13-18,20,29H,4-5,12,19,21-22H2,1-3H3,(H,31,34). The molecule has 0 heterocycles. The molecule has 1 unspecified atom stereocenters. The highest BCUT2D eigenvalue weighted by Gasteiger charge is 2.31. The zero-order chi connectivity index (χ0) is 25.8. The van der Waals surface area contributed by atoms with Crippen molar-refractivity contribution >= 4 is 11.8 Å². The molecule has 6 nitrogen and oxygen atoms in total. The summed E-state index contributed by atoms with van der Waals surface area (Å²) < 4.78 is 10.8. The van der Waals surface area contributed by atoms with Gasteiger partial charge in [-0.15, -0.1) is 0 Å². The molecule has 0 spiro atoms. The van der Waals surface area contributed by atoms with Crippen LogP contribution >= 0.6 is 0 Å². The van der Waals surface area contributed by atoms with Gasteiger partial charge in [0.05, 0.1) is 20.6 Å². The maximum Gasteiger partial charge on any atom is 0.247 e. The number of unbranched alkanes of at least 4 members (excludes halogenated alkanes) is 2. The van der Waals surface area contributed by atoms with Crippen molar-refractivity contribution in [2.24, 2.45) is 0 Å². The Bertz CT molecular complexity index is 1100. The molecular weight excluding hydrogens is 452 g/mol. The van der Waals surface area contributed by atoms with Gasteiger partial charge in [0.25, 0.3) is 0 Å². The zero-order valence-corrected chi connectivity index (χ0v) is 21.4. The van der Waals surface area contributed by atoms with Crippen molar-refractivity contribution in [1.82, 2.24) is 10.2 Å². The van der Waals surface area contributed by atoms with E-state index in [0.717, 1.165) is 36.0 Å². The summed E-state index contributed by atoms with van der Waals surface area (Å²) in [5.41, 5.74) is 2.52. The average molecular weight is 489 g/mol. The van der Waals surface area contributed by atoms with Crippen molar-refractivity contribution in [2.45, 2.75) is 45.2 Å². The third-order valence-electron chi connectivity index (χ3n) is 6.07. The van der Waals surface area contributed by atoms with E-state index in [1.165, 1.54) is 0 Å². The smallest absolute Gasteiger partial charge is 0.247 e. The molecule has 0 aliphatic heterocycles.